The molecule has 6 heterocycles. The second-order valence-electron chi connectivity index (χ2n) is 22.3. The maximum Gasteiger partial charge on any atom is 0.271 e. The van der Waals surface area contributed by atoms with Crippen LogP contribution in [0, 0.1) is 12.8 Å². The molecule has 19 atom stereocenters. The Bertz CT molecular complexity index is 3150. The molecule has 2 fully saturated rings. The van der Waals surface area contributed by atoms with Crippen molar-refractivity contribution in [1.29, 1.82) is 0 Å². The Balaban J connectivity index is 1.24. The van der Waals surface area contributed by atoms with E-state index in [4.69, 9.17) is 41.9 Å². The number of aliphatic hydroxyl groups excluding tert-OH is 9. The van der Waals surface area contributed by atoms with Gasteiger partial charge in [0.2, 0.25) is 29.5 Å². The highest BCUT2D eigenvalue weighted by Crippen LogP contribution is 2.34. The second kappa shape index (κ2) is 34.7. The van der Waals surface area contributed by atoms with Gasteiger partial charge >= 0.3 is 0 Å². The first-order chi connectivity index (χ1) is 44.0. The van der Waals surface area contributed by atoms with Gasteiger partial charge in [0.1, 0.15) is 107 Å². The Morgan fingerprint density at radius 1 is 0.785 bits per heavy atom. The number of carbonyl (C=O) groups excluding carboxylic acids is 7. The van der Waals surface area contributed by atoms with E-state index in [-0.39, 0.29) is 64.9 Å². The molecule has 2 aliphatic rings. The highest BCUT2D eigenvalue weighted by molar-refractivity contribution is 7.95. The van der Waals surface area contributed by atoms with Crippen LogP contribution in [0.4, 0.5) is 5.82 Å². The molecule has 39 heteroatoms. The minimum atomic E-state index is -2.17. The zero-order chi connectivity index (χ0) is 68.7. The number of nitrogens with zero attached hydrogens (tertiary/aromatic N) is 6. The lowest BCUT2D eigenvalue weighted by Crippen LogP contribution is -2.65. The van der Waals surface area contributed by atoms with Gasteiger partial charge in [-0.05, 0) is 37.4 Å². The van der Waals surface area contributed by atoms with Crippen LogP contribution in [-0.2, 0) is 60.2 Å². The summed E-state index contributed by atoms with van der Waals surface area (Å²) in [7, 11) is 0.258. The summed E-state index contributed by atoms with van der Waals surface area (Å²) >= 11 is 2.53. The number of thiazole rings is 2. The zero-order valence-electron chi connectivity index (χ0n) is 51.4. The van der Waals surface area contributed by atoms with Gasteiger partial charge in [-0.3, -0.25) is 33.6 Å². The Hall–Kier alpha value is -6.61. The van der Waals surface area contributed by atoms with Crippen molar-refractivity contribution in [2.75, 3.05) is 56.8 Å². The molecular formula is C54H82N16O20S3. The fraction of sp³-hybridized carbons (Fsp3) is 0.630. The third-order valence-corrected chi connectivity index (χ3v) is 17.9. The number of rotatable bonds is 34. The van der Waals surface area contributed by atoms with Gasteiger partial charge in [0.25, 0.3) is 11.8 Å². The molecule has 23 N–H and O–H groups in total. The molecule has 0 spiro atoms. The van der Waals surface area contributed by atoms with Crippen LogP contribution in [0.1, 0.15) is 88.8 Å². The van der Waals surface area contributed by atoms with Crippen LogP contribution in [0.25, 0.3) is 10.7 Å². The lowest BCUT2D eigenvalue weighted by atomic mass is 9.96. The number of nitrogen functional groups attached to an aromatic ring is 1. The molecule has 516 valence electrons. The van der Waals surface area contributed by atoms with E-state index in [2.05, 4.69) is 74.3 Å². The van der Waals surface area contributed by atoms with Gasteiger partial charge in [-0.15, -0.1) is 22.7 Å². The molecule has 36 nitrogen and oxygen atoms in total. The van der Waals surface area contributed by atoms with Crippen molar-refractivity contribution in [1.82, 2.24) is 61.8 Å². The predicted octanol–water partition coefficient (Wildman–Crippen LogP) is -8.18. The molecule has 4 aromatic rings. The standard InChI is InChI=1S/C54H82N16O20S3/c1-20-33(67-46(70-44(20)57)25(12-31(56)74)62-13-24(55)45(58)81)50(85)69-35(42(26-14-59-19-63-26)89-54-43(40(79)38(77)30(16-72)88-54)90-53-41(80)39(78)37(76)29(15-71)87-53)51(86)64-22(3)36(75)21(2)47(82)68-34(23(4)73)49(84)61-10-8-32-65-28(18-91-32)52-66-27(17-92-52)48(83)60-9-7-11-93(5)6/h14,17-19,21-25,29-30,34-43,53-54,62,71-73,75-80H,7-13,15-16,55H2,1-6H3,(H11-,56,57,58,59,60,61,63,64,67,68,69,70,74,81,82,83,84,85,86)/t21-,22+,23+,24-,25-,29+,30-,34-,35-,36-,37+,38+,39-,40-,41-,42-,43-,53-,54-/m0/s1. The Morgan fingerprint density at radius 3 is 2.09 bits per heavy atom. The Morgan fingerprint density at radius 2 is 1.46 bits per heavy atom. The second-order valence-corrected chi connectivity index (χ2v) is 26.5. The molecule has 2 aliphatic heterocycles. The van der Waals surface area contributed by atoms with Gasteiger partial charge in [0, 0.05) is 55.2 Å². The third kappa shape index (κ3) is 20.0. The highest BCUT2D eigenvalue weighted by Gasteiger charge is 2.52. The number of hydrogen-bond donors (Lipinski definition) is 19. The van der Waals surface area contributed by atoms with Crippen LogP contribution in [0.2, 0.25) is 0 Å². The van der Waals surface area contributed by atoms with Gasteiger partial charge in [-0.1, -0.05) is 19.4 Å². The smallest absolute Gasteiger partial charge is 0.271 e. The topological polar surface area (TPSA) is 593 Å². The normalized spacial score (nSPS) is 24.5. The number of nitrogens with two attached hydrogens (primary N) is 4. The summed E-state index contributed by atoms with van der Waals surface area (Å²) < 4.78 is 23.6. The summed E-state index contributed by atoms with van der Waals surface area (Å²) in [4.78, 5) is 120. The van der Waals surface area contributed by atoms with Crippen LogP contribution in [0.5, 0.6) is 0 Å². The molecule has 0 unspecified atom stereocenters. The van der Waals surface area contributed by atoms with E-state index in [0.717, 1.165) is 24.7 Å². The maximum absolute atomic E-state index is 15.1. The lowest BCUT2D eigenvalue weighted by molar-refractivity contribution is -0.372. The molecule has 2 saturated heterocycles. The fourth-order valence-electron chi connectivity index (χ4n) is 9.49. The van der Waals surface area contributed by atoms with Crippen molar-refractivity contribution in [3.05, 3.63) is 56.8 Å². The van der Waals surface area contributed by atoms with E-state index in [1.54, 1.807) is 10.8 Å². The molecule has 6 rings (SSSR count). The molecule has 0 bridgehead atoms. The summed E-state index contributed by atoms with van der Waals surface area (Å²) in [5.41, 5.74) is 22.8. The number of imidazole rings is 1. The Labute approximate surface area is 543 Å². The summed E-state index contributed by atoms with van der Waals surface area (Å²) in [6, 6.07) is -7.80. The van der Waals surface area contributed by atoms with Crippen LogP contribution in [0.15, 0.2) is 23.3 Å². The van der Waals surface area contributed by atoms with E-state index < -0.39 is 177 Å². The summed E-state index contributed by atoms with van der Waals surface area (Å²) in [5.74, 6) is -7.61. The average Bonchev–Trinajstić information content (AvgIpc) is 1.18. The first-order valence-electron chi connectivity index (χ1n) is 29.1. The zero-order valence-corrected chi connectivity index (χ0v) is 53.8. The van der Waals surface area contributed by atoms with Gasteiger partial charge in [0.15, 0.2) is 12.6 Å². The summed E-state index contributed by atoms with van der Waals surface area (Å²) in [6.45, 7) is 3.31. The predicted molar refractivity (Wildman–Crippen MR) is 329 cm³/mol. The monoisotopic (exact) mass is 1370 g/mol. The number of nitrogens with one attached hydrogen (secondary N) is 6. The average molecular weight is 1370 g/mol. The molecule has 0 saturated carbocycles. The number of primary amides is 2. The number of hydrogen-bond acceptors (Lipinski definition) is 30. The minimum absolute atomic E-state index is 0.00259. The van der Waals surface area contributed by atoms with E-state index in [1.807, 2.05) is 0 Å². The minimum Gasteiger partial charge on any atom is -0.449 e. The van der Waals surface area contributed by atoms with Gasteiger partial charge in [-0.2, -0.15) is 0 Å². The number of amides is 7. The molecule has 0 aliphatic carbocycles. The molecule has 4 aromatic heterocycles. The third-order valence-electron chi connectivity index (χ3n) is 15.0. The van der Waals surface area contributed by atoms with Crippen molar-refractivity contribution in [3.63, 3.8) is 0 Å². The van der Waals surface area contributed by atoms with Crippen molar-refractivity contribution in [2.45, 2.75) is 157 Å². The van der Waals surface area contributed by atoms with Crippen LogP contribution < -0.4 is 59.8 Å². The van der Waals surface area contributed by atoms with Crippen LogP contribution >= 0.6 is 22.7 Å². The molecular weight excluding hydrogens is 1290 g/mol. The molecule has 7 amide bonds. The largest absolute Gasteiger partial charge is 0.449 e. The SMILES string of the molecule is Cc1c(N)nc([C@H](CC(N)=O)NC[C@H](N)C(N)=O)nc1C(=O)N[C@H](C(=O)N[C@H](C)[C@@H](O)[C@H](C)C(=O)N[C@H](C(=O)NCCc1nc(-c2nc(C(=O)NCCC[S+](C)C)cs2)cs1)[C@@H](C)O)[C@@H](O[C@@H]1O[C@@H](CO)[C@@H](O)[C@H](O)[C@@H]1O[C@@H]1O[C@H](CO)[C@@H](O)[C@H](O)[C@@H]1O)c1c[n-]cn1. The summed E-state index contributed by atoms with van der Waals surface area (Å²) in [5, 5.41) is 118. The molecule has 93 heavy (non-hydrogen) atoms. The molecule has 0 radical (unpaired) electrons. The van der Waals surface area contributed by atoms with Gasteiger partial charge < -0.3 is 130 Å². The highest BCUT2D eigenvalue weighted by atomic mass is 32.2. The number of anilines is 1. The van der Waals surface area contributed by atoms with Crippen LogP contribution in [0.3, 0.4) is 0 Å². The van der Waals surface area contributed by atoms with Gasteiger partial charge in [0.05, 0.1) is 67.0 Å². The van der Waals surface area contributed by atoms with E-state index >= 15 is 4.79 Å². The van der Waals surface area contributed by atoms with E-state index in [1.165, 1.54) is 50.4 Å². The number of aliphatic hydroxyl groups is 9. The Kier molecular flexibility index (Phi) is 28.1. The van der Waals surface area contributed by atoms with Crippen molar-refractivity contribution < 1.29 is 98.5 Å². The number of carbonyl (C=O) groups is 7. The first-order valence-corrected chi connectivity index (χ1v) is 33.1. The molecule has 0 aromatic carbocycles. The van der Waals surface area contributed by atoms with Gasteiger partial charge in [-0.25, -0.2) is 19.9 Å². The van der Waals surface area contributed by atoms with E-state index in [0.29, 0.717) is 22.3 Å². The number of ether oxygens (including phenoxy) is 4. The lowest BCUT2D eigenvalue weighted by Gasteiger charge is -2.47. The maximum atomic E-state index is 15.1. The fourth-order valence-corrected chi connectivity index (χ4v) is 11.8. The quantitative estimate of drug-likeness (QED) is 0.0153. The van der Waals surface area contributed by atoms with E-state index in [9.17, 15) is 74.7 Å². The first kappa shape index (κ1) is 75.4. The van der Waals surface area contributed by atoms with Crippen molar-refractivity contribution in [2.24, 2.45) is 23.1 Å². The van der Waals surface area contributed by atoms with Crippen LogP contribution in [-0.4, -0.2) is 261 Å². The van der Waals surface area contributed by atoms with Crippen molar-refractivity contribution in [3.8, 4) is 10.7 Å². The van der Waals surface area contributed by atoms with Crippen molar-refractivity contribution >= 4 is 80.7 Å². The number of aromatic nitrogens is 6. The summed E-state index contributed by atoms with van der Waals surface area (Å²) in [6.07, 6.45) is -18.2.